The molecule has 0 saturated carbocycles. The van der Waals surface area contributed by atoms with Gasteiger partial charge in [-0.2, -0.15) is 0 Å². The molecular weight excluding hydrogens is 219 g/mol. The zero-order valence-electron chi connectivity index (χ0n) is 10.3. The Labute approximate surface area is 101 Å². The molecular formula is C13H19FN2O. The van der Waals surface area contributed by atoms with E-state index in [1.807, 2.05) is 13.0 Å². The van der Waals surface area contributed by atoms with E-state index in [2.05, 4.69) is 10.6 Å². The van der Waals surface area contributed by atoms with Crippen molar-refractivity contribution >= 4 is 5.91 Å². The number of hydrogen-bond acceptors (Lipinski definition) is 2. The first kappa shape index (κ1) is 13.6. The first-order valence-electron chi connectivity index (χ1n) is 5.86. The van der Waals surface area contributed by atoms with E-state index < -0.39 is 0 Å². The first-order chi connectivity index (χ1) is 8.13. The number of nitrogens with one attached hydrogen (secondary N) is 2. The minimum Gasteiger partial charge on any atom is -0.355 e. The number of rotatable bonds is 6. The molecule has 2 N–H and O–H groups in total. The van der Waals surface area contributed by atoms with Gasteiger partial charge in [-0.25, -0.2) is 4.39 Å². The molecule has 0 radical (unpaired) electrons. The molecule has 1 rings (SSSR count). The number of aryl methyl sites for hydroxylation is 1. The Balaban J connectivity index is 2.30. The normalized spacial score (nSPS) is 10.3. The highest BCUT2D eigenvalue weighted by Crippen LogP contribution is 2.09. The second-order valence-electron chi connectivity index (χ2n) is 3.96. The first-order valence-corrected chi connectivity index (χ1v) is 5.86. The summed E-state index contributed by atoms with van der Waals surface area (Å²) in [6, 6.07) is 5.02. The van der Waals surface area contributed by atoms with Gasteiger partial charge in [-0.05, 0) is 37.1 Å². The van der Waals surface area contributed by atoms with Gasteiger partial charge >= 0.3 is 0 Å². The smallest absolute Gasteiger partial charge is 0.233 e. The fourth-order valence-corrected chi connectivity index (χ4v) is 1.51. The summed E-state index contributed by atoms with van der Waals surface area (Å²) in [5.74, 6) is -0.199. The fraction of sp³-hybridized carbons (Fsp3) is 0.462. The molecule has 0 unspecified atom stereocenters. The van der Waals surface area contributed by atoms with Gasteiger partial charge in [-0.3, -0.25) is 4.79 Å². The molecule has 0 atom stereocenters. The molecule has 17 heavy (non-hydrogen) atoms. The number of carbonyl (C=O) groups is 1. The Morgan fingerprint density at radius 1 is 1.41 bits per heavy atom. The molecule has 0 heterocycles. The van der Waals surface area contributed by atoms with E-state index in [1.165, 1.54) is 6.07 Å². The fourth-order valence-electron chi connectivity index (χ4n) is 1.51. The van der Waals surface area contributed by atoms with Crippen molar-refractivity contribution in [1.82, 2.24) is 10.6 Å². The Morgan fingerprint density at radius 3 is 2.82 bits per heavy atom. The third-order valence-corrected chi connectivity index (χ3v) is 2.49. The second kappa shape index (κ2) is 7.01. The highest BCUT2D eigenvalue weighted by atomic mass is 19.1. The summed E-state index contributed by atoms with van der Waals surface area (Å²) in [4.78, 5) is 11.3. The van der Waals surface area contributed by atoms with Crippen molar-refractivity contribution in [2.24, 2.45) is 0 Å². The summed E-state index contributed by atoms with van der Waals surface area (Å²) < 4.78 is 13.0. The van der Waals surface area contributed by atoms with E-state index in [-0.39, 0.29) is 11.7 Å². The van der Waals surface area contributed by atoms with Crippen LogP contribution < -0.4 is 10.6 Å². The standard InChI is InChI=1S/C13H19FN2O/c1-3-15-9-13(17)16-7-6-11-4-5-12(14)10(2)8-11/h4-5,8,15H,3,6-7,9H2,1-2H3,(H,16,17). The van der Waals surface area contributed by atoms with Crippen molar-refractivity contribution in [2.75, 3.05) is 19.6 Å². The Morgan fingerprint density at radius 2 is 2.18 bits per heavy atom. The Kier molecular flexibility index (Phi) is 5.63. The van der Waals surface area contributed by atoms with Gasteiger partial charge in [-0.1, -0.05) is 19.1 Å². The molecule has 1 aromatic carbocycles. The number of halogens is 1. The van der Waals surface area contributed by atoms with Gasteiger partial charge in [0.05, 0.1) is 6.54 Å². The Bertz CT molecular complexity index is 380. The van der Waals surface area contributed by atoms with Gasteiger partial charge in [0.1, 0.15) is 5.82 Å². The van der Waals surface area contributed by atoms with Crippen molar-refractivity contribution in [3.63, 3.8) is 0 Å². The van der Waals surface area contributed by atoms with E-state index in [0.717, 1.165) is 18.5 Å². The van der Waals surface area contributed by atoms with E-state index in [9.17, 15) is 9.18 Å². The lowest BCUT2D eigenvalue weighted by Crippen LogP contribution is -2.34. The lowest BCUT2D eigenvalue weighted by atomic mass is 10.1. The van der Waals surface area contributed by atoms with Crippen LogP contribution in [0, 0.1) is 12.7 Å². The highest BCUT2D eigenvalue weighted by molar-refractivity contribution is 5.77. The zero-order valence-corrected chi connectivity index (χ0v) is 10.3. The van der Waals surface area contributed by atoms with Crippen LogP contribution in [0.5, 0.6) is 0 Å². The van der Waals surface area contributed by atoms with E-state index in [1.54, 1.807) is 13.0 Å². The number of likely N-dealkylation sites (N-methyl/N-ethyl adjacent to an activating group) is 1. The van der Waals surface area contributed by atoms with Crippen LogP contribution in [0.4, 0.5) is 4.39 Å². The molecule has 4 heteroatoms. The largest absolute Gasteiger partial charge is 0.355 e. The summed E-state index contributed by atoms with van der Waals surface area (Å²) in [6.45, 7) is 5.40. The summed E-state index contributed by atoms with van der Waals surface area (Å²) in [7, 11) is 0. The monoisotopic (exact) mass is 238 g/mol. The molecule has 94 valence electrons. The predicted molar refractivity (Wildman–Crippen MR) is 66.4 cm³/mol. The van der Waals surface area contributed by atoms with Gasteiger partial charge < -0.3 is 10.6 Å². The SMILES string of the molecule is CCNCC(=O)NCCc1ccc(F)c(C)c1. The maximum absolute atomic E-state index is 13.0. The van der Waals surface area contributed by atoms with Crippen LogP contribution >= 0.6 is 0 Å². The molecule has 0 aromatic heterocycles. The van der Waals surface area contributed by atoms with Gasteiger partial charge in [-0.15, -0.1) is 0 Å². The van der Waals surface area contributed by atoms with Crippen LogP contribution in [0.15, 0.2) is 18.2 Å². The molecule has 0 aliphatic rings. The molecule has 0 saturated heterocycles. The average molecular weight is 238 g/mol. The van der Waals surface area contributed by atoms with E-state index in [4.69, 9.17) is 0 Å². The number of carbonyl (C=O) groups excluding carboxylic acids is 1. The summed E-state index contributed by atoms with van der Waals surface area (Å²) in [5.41, 5.74) is 1.68. The van der Waals surface area contributed by atoms with Crippen molar-refractivity contribution in [1.29, 1.82) is 0 Å². The van der Waals surface area contributed by atoms with Crippen LogP contribution in [0.1, 0.15) is 18.1 Å². The van der Waals surface area contributed by atoms with Crippen LogP contribution in [0.25, 0.3) is 0 Å². The van der Waals surface area contributed by atoms with E-state index >= 15 is 0 Å². The highest BCUT2D eigenvalue weighted by Gasteiger charge is 2.01. The van der Waals surface area contributed by atoms with Gasteiger partial charge in [0.2, 0.25) is 5.91 Å². The molecule has 0 spiro atoms. The second-order valence-corrected chi connectivity index (χ2v) is 3.96. The van der Waals surface area contributed by atoms with E-state index in [0.29, 0.717) is 18.7 Å². The summed E-state index contributed by atoms with van der Waals surface area (Å²) in [5, 5.41) is 5.76. The maximum atomic E-state index is 13.0. The van der Waals surface area contributed by atoms with Crippen LogP contribution in [-0.2, 0) is 11.2 Å². The molecule has 1 aromatic rings. The van der Waals surface area contributed by atoms with Crippen molar-refractivity contribution in [3.8, 4) is 0 Å². The maximum Gasteiger partial charge on any atom is 0.233 e. The molecule has 0 aliphatic heterocycles. The molecule has 0 aliphatic carbocycles. The molecule has 3 nitrogen and oxygen atoms in total. The minimum atomic E-state index is -0.190. The average Bonchev–Trinajstić information content (AvgIpc) is 2.31. The Hall–Kier alpha value is -1.42. The van der Waals surface area contributed by atoms with Crippen LogP contribution in [0.3, 0.4) is 0 Å². The quantitative estimate of drug-likeness (QED) is 0.786. The third-order valence-electron chi connectivity index (χ3n) is 2.49. The summed E-state index contributed by atoms with van der Waals surface area (Å²) in [6.07, 6.45) is 0.721. The van der Waals surface area contributed by atoms with Gasteiger partial charge in [0, 0.05) is 6.54 Å². The molecule has 1 amide bonds. The topological polar surface area (TPSA) is 41.1 Å². The lowest BCUT2D eigenvalue weighted by Gasteiger charge is -2.06. The lowest BCUT2D eigenvalue weighted by molar-refractivity contribution is -0.120. The molecule has 0 bridgehead atoms. The van der Waals surface area contributed by atoms with Crippen molar-refractivity contribution < 1.29 is 9.18 Å². The minimum absolute atomic E-state index is 0.00863. The number of hydrogen-bond donors (Lipinski definition) is 2. The van der Waals surface area contributed by atoms with Gasteiger partial charge in [0.25, 0.3) is 0 Å². The zero-order chi connectivity index (χ0) is 12.7. The molecule has 0 fully saturated rings. The predicted octanol–water partition coefficient (Wildman–Crippen LogP) is 1.40. The van der Waals surface area contributed by atoms with Gasteiger partial charge in [0.15, 0.2) is 0 Å². The van der Waals surface area contributed by atoms with Crippen molar-refractivity contribution in [2.45, 2.75) is 20.3 Å². The van der Waals surface area contributed by atoms with Crippen molar-refractivity contribution in [3.05, 3.63) is 35.1 Å². The number of benzene rings is 1. The number of amides is 1. The van der Waals surface area contributed by atoms with Crippen LogP contribution in [0.2, 0.25) is 0 Å². The summed E-state index contributed by atoms with van der Waals surface area (Å²) >= 11 is 0. The third kappa shape index (κ3) is 4.95. The van der Waals surface area contributed by atoms with Crippen LogP contribution in [-0.4, -0.2) is 25.5 Å².